The molecule has 29 heavy (non-hydrogen) atoms. The molecule has 1 heteroatoms. The highest BCUT2D eigenvalue weighted by Crippen LogP contribution is 2.61. The maximum atomic E-state index is 6.35. The molecule has 0 N–H and O–H groups in total. The van der Waals surface area contributed by atoms with Crippen LogP contribution in [0.1, 0.15) is 47.2 Å². The van der Waals surface area contributed by atoms with Gasteiger partial charge in [0.2, 0.25) is 0 Å². The van der Waals surface area contributed by atoms with Crippen molar-refractivity contribution in [2.45, 2.75) is 24.7 Å². The maximum Gasteiger partial charge on any atom is 0.113 e. The third-order valence-corrected chi connectivity index (χ3v) is 7.08. The van der Waals surface area contributed by atoms with Crippen molar-refractivity contribution in [3.8, 4) is 11.1 Å². The summed E-state index contributed by atoms with van der Waals surface area (Å²) in [6, 6.07) is 33.2. The van der Waals surface area contributed by atoms with Gasteiger partial charge in [0, 0.05) is 5.41 Å². The Labute approximate surface area is 173 Å². The van der Waals surface area contributed by atoms with Crippen LogP contribution < -0.4 is 5.46 Å². The summed E-state index contributed by atoms with van der Waals surface area (Å²) in [4.78, 5) is 0. The molecule has 0 fully saturated rings. The van der Waals surface area contributed by atoms with Crippen LogP contribution in [0.25, 0.3) is 11.1 Å². The molecule has 2 radical (unpaired) electrons. The third-order valence-electron chi connectivity index (χ3n) is 7.08. The largest absolute Gasteiger partial charge is 0.113 e. The second-order valence-corrected chi connectivity index (χ2v) is 8.82. The monoisotopic (exact) mass is 368 g/mol. The Morgan fingerprint density at radius 1 is 0.517 bits per heavy atom. The van der Waals surface area contributed by atoms with Crippen LogP contribution in [0.5, 0.6) is 0 Å². The average Bonchev–Trinajstić information content (AvgIpc) is 3.03. The van der Waals surface area contributed by atoms with Crippen LogP contribution in [0.3, 0.4) is 0 Å². The molecule has 0 saturated carbocycles. The molecular formula is C28H21B. The Kier molecular flexibility index (Phi) is 3.20. The highest BCUT2D eigenvalue weighted by molar-refractivity contribution is 6.32. The lowest BCUT2D eigenvalue weighted by atomic mass is 9.55. The fraction of sp³-hybridized carbons (Fsp3) is 0.143. The summed E-state index contributed by atoms with van der Waals surface area (Å²) in [6.07, 6.45) is 0. The van der Waals surface area contributed by atoms with Crippen LogP contribution in [-0.4, -0.2) is 7.85 Å². The second kappa shape index (κ2) is 5.51. The molecule has 0 aromatic heterocycles. The maximum absolute atomic E-state index is 6.35. The van der Waals surface area contributed by atoms with Crippen LogP contribution in [0.15, 0.2) is 91.0 Å². The zero-order valence-electron chi connectivity index (χ0n) is 16.7. The second-order valence-electron chi connectivity index (χ2n) is 8.82. The van der Waals surface area contributed by atoms with E-state index in [1.165, 1.54) is 44.5 Å². The van der Waals surface area contributed by atoms with E-state index < -0.39 is 0 Å². The van der Waals surface area contributed by atoms with Crippen molar-refractivity contribution >= 4 is 13.3 Å². The van der Waals surface area contributed by atoms with Gasteiger partial charge < -0.3 is 0 Å². The van der Waals surface area contributed by atoms with E-state index in [4.69, 9.17) is 7.85 Å². The Hall–Kier alpha value is -3.06. The van der Waals surface area contributed by atoms with Crippen LogP contribution in [0.2, 0.25) is 0 Å². The van der Waals surface area contributed by atoms with Crippen LogP contribution >= 0.6 is 0 Å². The fourth-order valence-electron chi connectivity index (χ4n) is 5.88. The van der Waals surface area contributed by atoms with Gasteiger partial charge in [-0.1, -0.05) is 110 Å². The van der Waals surface area contributed by atoms with E-state index in [9.17, 15) is 0 Å². The van der Waals surface area contributed by atoms with E-state index in [-0.39, 0.29) is 10.8 Å². The van der Waals surface area contributed by atoms with Gasteiger partial charge in [-0.25, -0.2) is 0 Å². The molecular weight excluding hydrogens is 347 g/mol. The fourth-order valence-corrected chi connectivity index (χ4v) is 5.88. The van der Waals surface area contributed by atoms with Crippen LogP contribution in [0, 0.1) is 0 Å². The molecule has 0 aliphatic heterocycles. The smallest absolute Gasteiger partial charge is 0.0963 e. The van der Waals surface area contributed by atoms with Crippen molar-refractivity contribution in [2.24, 2.45) is 0 Å². The van der Waals surface area contributed by atoms with Crippen molar-refractivity contribution in [1.29, 1.82) is 0 Å². The Balaban J connectivity index is 1.89. The summed E-state index contributed by atoms with van der Waals surface area (Å²) < 4.78 is 0. The van der Waals surface area contributed by atoms with E-state index in [1.54, 1.807) is 0 Å². The average molecular weight is 368 g/mol. The highest BCUT2D eigenvalue weighted by Gasteiger charge is 2.52. The minimum atomic E-state index is -0.329. The van der Waals surface area contributed by atoms with Crippen molar-refractivity contribution in [1.82, 2.24) is 0 Å². The first-order valence-electron chi connectivity index (χ1n) is 10.3. The molecule has 0 atom stereocenters. The summed E-state index contributed by atoms with van der Waals surface area (Å²) in [5, 5.41) is 0. The third kappa shape index (κ3) is 1.91. The molecule has 2 aliphatic rings. The normalized spacial score (nSPS) is 16.6. The highest BCUT2D eigenvalue weighted by atomic mass is 14.5. The predicted octanol–water partition coefficient (Wildman–Crippen LogP) is 5.48. The lowest BCUT2D eigenvalue weighted by Gasteiger charge is -2.46. The first-order valence-corrected chi connectivity index (χ1v) is 10.3. The van der Waals surface area contributed by atoms with E-state index in [0.29, 0.717) is 0 Å². The summed E-state index contributed by atoms with van der Waals surface area (Å²) in [5.74, 6) is 0. The van der Waals surface area contributed by atoms with Gasteiger partial charge in [-0.2, -0.15) is 0 Å². The molecule has 1 spiro atoms. The van der Waals surface area contributed by atoms with E-state index in [0.717, 1.165) is 5.46 Å². The summed E-state index contributed by atoms with van der Waals surface area (Å²) >= 11 is 0. The van der Waals surface area contributed by atoms with Crippen molar-refractivity contribution in [3.63, 3.8) is 0 Å². The summed E-state index contributed by atoms with van der Waals surface area (Å²) in [6.45, 7) is 4.69. The molecule has 0 nitrogen and oxygen atoms in total. The molecule has 0 saturated heterocycles. The van der Waals surface area contributed by atoms with E-state index in [1.807, 2.05) is 6.07 Å². The van der Waals surface area contributed by atoms with Crippen molar-refractivity contribution in [2.75, 3.05) is 0 Å². The summed E-state index contributed by atoms with van der Waals surface area (Å²) in [7, 11) is 6.35. The lowest BCUT2D eigenvalue weighted by Crippen LogP contribution is -2.40. The lowest BCUT2D eigenvalue weighted by molar-refractivity contribution is 0.563. The molecule has 2 aliphatic carbocycles. The standard InChI is InChI=1S/C28H21B/c1-27(2)22-11-5-7-13-24(22)28(25-14-8-6-12-23(25)27)21-10-4-3-9-19(21)20-16-15-18(29)17-26(20)28/h3-17H,1-2H3. The van der Waals surface area contributed by atoms with Crippen molar-refractivity contribution in [3.05, 3.63) is 124 Å². The molecule has 0 unspecified atom stereocenters. The Morgan fingerprint density at radius 2 is 1.00 bits per heavy atom. The number of fused-ring (bicyclic) bond motifs is 9. The zero-order valence-corrected chi connectivity index (χ0v) is 16.7. The zero-order chi connectivity index (χ0) is 19.8. The van der Waals surface area contributed by atoms with Crippen LogP contribution in [0.4, 0.5) is 0 Å². The molecule has 0 heterocycles. The molecule has 4 aromatic carbocycles. The van der Waals surface area contributed by atoms with Gasteiger partial charge in [0.15, 0.2) is 0 Å². The van der Waals surface area contributed by atoms with Crippen LogP contribution in [-0.2, 0) is 10.8 Å². The van der Waals surface area contributed by atoms with E-state index >= 15 is 0 Å². The van der Waals surface area contributed by atoms with Gasteiger partial charge in [0.1, 0.15) is 7.85 Å². The molecule has 6 rings (SSSR count). The minimum Gasteiger partial charge on any atom is -0.0963 e. The summed E-state index contributed by atoms with van der Waals surface area (Å²) in [5.41, 5.74) is 11.2. The van der Waals surface area contributed by atoms with Gasteiger partial charge in [0.05, 0.1) is 5.41 Å². The van der Waals surface area contributed by atoms with Gasteiger partial charge >= 0.3 is 0 Å². The predicted molar refractivity (Wildman–Crippen MR) is 121 cm³/mol. The van der Waals surface area contributed by atoms with Gasteiger partial charge in [0.25, 0.3) is 0 Å². The molecule has 4 aromatic rings. The number of hydrogen-bond acceptors (Lipinski definition) is 0. The van der Waals surface area contributed by atoms with E-state index in [2.05, 4.69) is 98.8 Å². The topological polar surface area (TPSA) is 0 Å². The Morgan fingerprint density at radius 3 is 1.62 bits per heavy atom. The first kappa shape index (κ1) is 16.9. The van der Waals surface area contributed by atoms with Gasteiger partial charge in [-0.05, 0) is 44.5 Å². The number of hydrogen-bond donors (Lipinski definition) is 0. The Bertz CT molecular complexity index is 1250. The minimum absolute atomic E-state index is 0.0591. The van der Waals surface area contributed by atoms with Gasteiger partial charge in [-0.15, -0.1) is 0 Å². The SMILES string of the molecule is [B]c1ccc2c(c1)C1(c3ccccc3-2)c2ccccc2C(C)(C)c2ccccc21. The molecule has 0 amide bonds. The number of benzene rings is 4. The quantitative estimate of drug-likeness (QED) is 0.318. The number of rotatable bonds is 0. The molecule has 136 valence electrons. The first-order chi connectivity index (χ1) is 14.1. The molecule has 0 bridgehead atoms. The van der Waals surface area contributed by atoms with Gasteiger partial charge in [-0.3, -0.25) is 0 Å². The van der Waals surface area contributed by atoms with Crippen molar-refractivity contribution < 1.29 is 0 Å².